The molecule has 0 heteroatoms. The van der Waals surface area contributed by atoms with E-state index in [-0.39, 0.29) is 5.41 Å². The van der Waals surface area contributed by atoms with Gasteiger partial charge in [0.05, 0.1) is 0 Å². The Morgan fingerprint density at radius 3 is 2.26 bits per heavy atom. The molecule has 0 spiro atoms. The highest BCUT2D eigenvalue weighted by molar-refractivity contribution is 5.46. The molecule has 0 N–H and O–H groups in total. The standard InChI is InChI=1S/C19H26/c1-13-10-11-17(12-15(13)3)19(5,6)18-9-7-8-14(2)16(18)4/h8,10-12H,7,9H2,1-6H3. The summed E-state index contributed by atoms with van der Waals surface area (Å²) in [6.45, 7) is 13.7. The number of hydrogen-bond donors (Lipinski definition) is 0. The molecule has 0 amide bonds. The molecule has 1 aromatic rings. The van der Waals surface area contributed by atoms with E-state index >= 15 is 0 Å². The Morgan fingerprint density at radius 2 is 1.63 bits per heavy atom. The SMILES string of the molecule is CC1=CCCC(C(C)(C)c2ccc(C)c(C)c2)=C1C. The summed E-state index contributed by atoms with van der Waals surface area (Å²) >= 11 is 0. The van der Waals surface area contributed by atoms with Gasteiger partial charge in [-0.1, -0.05) is 49.3 Å². The topological polar surface area (TPSA) is 0 Å². The summed E-state index contributed by atoms with van der Waals surface area (Å²) in [4.78, 5) is 0. The van der Waals surface area contributed by atoms with Crippen LogP contribution < -0.4 is 0 Å². The van der Waals surface area contributed by atoms with Crippen molar-refractivity contribution in [2.45, 2.75) is 59.8 Å². The van der Waals surface area contributed by atoms with Gasteiger partial charge < -0.3 is 0 Å². The second-order valence-corrected chi connectivity index (χ2v) is 6.45. The smallest absolute Gasteiger partial charge is 0.0111 e. The third-order valence-electron chi connectivity index (χ3n) is 4.87. The third-order valence-corrected chi connectivity index (χ3v) is 4.87. The van der Waals surface area contributed by atoms with Crippen LogP contribution in [0.3, 0.4) is 0 Å². The quantitative estimate of drug-likeness (QED) is 0.641. The van der Waals surface area contributed by atoms with Gasteiger partial charge in [-0.2, -0.15) is 0 Å². The molecule has 1 aliphatic rings. The molecular weight excluding hydrogens is 228 g/mol. The lowest BCUT2D eigenvalue weighted by molar-refractivity contribution is 0.580. The van der Waals surface area contributed by atoms with Gasteiger partial charge in [0.1, 0.15) is 0 Å². The fourth-order valence-electron chi connectivity index (χ4n) is 3.10. The average Bonchev–Trinajstić information content (AvgIpc) is 2.35. The zero-order chi connectivity index (χ0) is 14.2. The second kappa shape index (κ2) is 5.00. The first kappa shape index (κ1) is 14.1. The zero-order valence-electron chi connectivity index (χ0n) is 13.2. The molecule has 0 aliphatic heterocycles. The summed E-state index contributed by atoms with van der Waals surface area (Å²) in [7, 11) is 0. The number of benzene rings is 1. The average molecular weight is 254 g/mol. The van der Waals surface area contributed by atoms with Crippen LogP contribution in [0.1, 0.15) is 57.2 Å². The molecule has 1 aromatic carbocycles. The molecule has 0 unspecified atom stereocenters. The van der Waals surface area contributed by atoms with Crippen LogP contribution in [-0.2, 0) is 5.41 Å². The highest BCUT2D eigenvalue weighted by Crippen LogP contribution is 2.40. The molecule has 0 fully saturated rings. The number of allylic oxidation sites excluding steroid dienone is 4. The molecule has 0 atom stereocenters. The highest BCUT2D eigenvalue weighted by atomic mass is 14.3. The van der Waals surface area contributed by atoms with Crippen LogP contribution in [0.2, 0.25) is 0 Å². The Kier molecular flexibility index (Phi) is 3.71. The van der Waals surface area contributed by atoms with Crippen LogP contribution in [0.4, 0.5) is 0 Å². The van der Waals surface area contributed by atoms with E-state index in [0.29, 0.717) is 0 Å². The maximum atomic E-state index is 2.37. The van der Waals surface area contributed by atoms with Crippen LogP contribution in [0.25, 0.3) is 0 Å². The van der Waals surface area contributed by atoms with Crippen LogP contribution in [-0.4, -0.2) is 0 Å². The minimum Gasteiger partial charge on any atom is -0.0810 e. The Hall–Kier alpha value is -1.30. The van der Waals surface area contributed by atoms with Crippen molar-refractivity contribution >= 4 is 0 Å². The third kappa shape index (κ3) is 2.54. The van der Waals surface area contributed by atoms with Crippen LogP contribution in [0.5, 0.6) is 0 Å². The van der Waals surface area contributed by atoms with Crippen molar-refractivity contribution in [3.63, 3.8) is 0 Å². The lowest BCUT2D eigenvalue weighted by Gasteiger charge is -2.33. The molecule has 2 rings (SSSR count). The minimum absolute atomic E-state index is 0.137. The van der Waals surface area contributed by atoms with Crippen molar-refractivity contribution < 1.29 is 0 Å². The Bertz CT molecular complexity index is 553. The van der Waals surface area contributed by atoms with Crippen LogP contribution >= 0.6 is 0 Å². The predicted octanol–water partition coefficient (Wildman–Crippen LogP) is 5.64. The highest BCUT2D eigenvalue weighted by Gasteiger charge is 2.28. The summed E-state index contributed by atoms with van der Waals surface area (Å²) < 4.78 is 0. The van der Waals surface area contributed by atoms with E-state index in [1.807, 2.05) is 0 Å². The van der Waals surface area contributed by atoms with E-state index in [0.717, 1.165) is 0 Å². The maximum Gasteiger partial charge on any atom is 0.0111 e. The first-order chi connectivity index (χ1) is 8.84. The van der Waals surface area contributed by atoms with Gasteiger partial charge in [0, 0.05) is 5.41 Å². The molecule has 0 saturated carbocycles. The molecule has 102 valence electrons. The summed E-state index contributed by atoms with van der Waals surface area (Å²) in [5, 5.41) is 0. The Morgan fingerprint density at radius 1 is 0.947 bits per heavy atom. The van der Waals surface area contributed by atoms with Gasteiger partial charge >= 0.3 is 0 Å². The van der Waals surface area contributed by atoms with Gasteiger partial charge in [-0.3, -0.25) is 0 Å². The Balaban J connectivity index is 2.50. The molecular formula is C19H26. The molecule has 19 heavy (non-hydrogen) atoms. The van der Waals surface area contributed by atoms with Crippen molar-refractivity contribution in [3.05, 3.63) is 57.7 Å². The fourth-order valence-corrected chi connectivity index (χ4v) is 3.10. The van der Waals surface area contributed by atoms with Gasteiger partial charge in [0.2, 0.25) is 0 Å². The normalized spacial score (nSPS) is 16.6. The molecule has 0 aromatic heterocycles. The van der Waals surface area contributed by atoms with Crippen LogP contribution in [0.15, 0.2) is 41.0 Å². The van der Waals surface area contributed by atoms with E-state index in [1.54, 1.807) is 5.57 Å². The summed E-state index contributed by atoms with van der Waals surface area (Å²) in [5.74, 6) is 0. The lowest BCUT2D eigenvalue weighted by Crippen LogP contribution is -2.23. The van der Waals surface area contributed by atoms with Gasteiger partial charge in [0.25, 0.3) is 0 Å². The number of aryl methyl sites for hydroxylation is 2. The molecule has 0 nitrogen and oxygen atoms in total. The zero-order valence-corrected chi connectivity index (χ0v) is 13.2. The van der Waals surface area contributed by atoms with E-state index in [9.17, 15) is 0 Å². The van der Waals surface area contributed by atoms with Crippen LogP contribution in [0, 0.1) is 13.8 Å². The molecule has 0 heterocycles. The van der Waals surface area contributed by atoms with Crippen molar-refractivity contribution in [1.82, 2.24) is 0 Å². The minimum atomic E-state index is 0.137. The fraction of sp³-hybridized carbons (Fsp3) is 0.474. The van der Waals surface area contributed by atoms with Crippen molar-refractivity contribution in [1.29, 1.82) is 0 Å². The van der Waals surface area contributed by atoms with E-state index in [2.05, 4.69) is 65.8 Å². The second-order valence-electron chi connectivity index (χ2n) is 6.45. The lowest BCUT2D eigenvalue weighted by atomic mass is 9.71. The maximum absolute atomic E-state index is 2.37. The van der Waals surface area contributed by atoms with Crippen molar-refractivity contribution in [2.75, 3.05) is 0 Å². The van der Waals surface area contributed by atoms with Crippen molar-refractivity contribution in [3.8, 4) is 0 Å². The largest absolute Gasteiger partial charge is 0.0810 e. The summed E-state index contributed by atoms with van der Waals surface area (Å²) in [6.07, 6.45) is 4.76. The molecule has 0 saturated heterocycles. The molecule has 1 aliphatic carbocycles. The number of hydrogen-bond acceptors (Lipinski definition) is 0. The van der Waals surface area contributed by atoms with Crippen molar-refractivity contribution in [2.24, 2.45) is 0 Å². The van der Waals surface area contributed by atoms with E-state index in [4.69, 9.17) is 0 Å². The monoisotopic (exact) mass is 254 g/mol. The Labute approximate surface area is 118 Å². The van der Waals surface area contributed by atoms with Gasteiger partial charge in [-0.25, -0.2) is 0 Å². The van der Waals surface area contributed by atoms with Gasteiger partial charge in [0.15, 0.2) is 0 Å². The van der Waals surface area contributed by atoms with E-state index in [1.165, 1.54) is 40.7 Å². The van der Waals surface area contributed by atoms with Gasteiger partial charge in [-0.15, -0.1) is 0 Å². The number of rotatable bonds is 2. The van der Waals surface area contributed by atoms with E-state index < -0.39 is 0 Å². The van der Waals surface area contributed by atoms with Gasteiger partial charge in [-0.05, 0) is 62.8 Å². The molecule has 0 radical (unpaired) electrons. The summed E-state index contributed by atoms with van der Waals surface area (Å²) in [6, 6.07) is 6.92. The first-order valence-electron chi connectivity index (χ1n) is 7.29. The molecule has 0 bridgehead atoms. The predicted molar refractivity (Wildman–Crippen MR) is 84.6 cm³/mol. The summed E-state index contributed by atoms with van der Waals surface area (Å²) in [5.41, 5.74) is 8.91. The first-order valence-corrected chi connectivity index (χ1v) is 7.29.